The zero-order chi connectivity index (χ0) is 18.0. The molecule has 0 aliphatic carbocycles. The third-order valence-electron chi connectivity index (χ3n) is 3.97. The Hall–Kier alpha value is -2.67. The second-order valence-corrected chi connectivity index (χ2v) is 7.97. The maximum Gasteiger partial charge on any atom is 0.251 e. The van der Waals surface area contributed by atoms with E-state index < -0.39 is 9.84 Å². The van der Waals surface area contributed by atoms with E-state index in [2.05, 4.69) is 15.3 Å². The van der Waals surface area contributed by atoms with Gasteiger partial charge in [0.15, 0.2) is 9.84 Å². The van der Waals surface area contributed by atoms with Gasteiger partial charge < -0.3 is 10.3 Å². The van der Waals surface area contributed by atoms with Crippen molar-refractivity contribution in [2.45, 2.75) is 18.2 Å². The highest BCUT2D eigenvalue weighted by molar-refractivity contribution is 7.90. The molecule has 1 amide bonds. The highest BCUT2D eigenvalue weighted by Crippen LogP contribution is 2.16. The quantitative estimate of drug-likeness (QED) is 0.732. The number of hydrogen-bond donors (Lipinski definition) is 2. The largest absolute Gasteiger partial charge is 0.352 e. The Balaban J connectivity index is 1.68. The summed E-state index contributed by atoms with van der Waals surface area (Å²) in [6.45, 7) is 2.18. The van der Waals surface area contributed by atoms with Crippen molar-refractivity contribution < 1.29 is 13.2 Å². The molecule has 1 heterocycles. The molecule has 0 spiro atoms. The van der Waals surface area contributed by atoms with Crippen LogP contribution in [0.1, 0.15) is 21.7 Å². The van der Waals surface area contributed by atoms with Gasteiger partial charge in [0.1, 0.15) is 5.82 Å². The zero-order valence-corrected chi connectivity index (χ0v) is 14.9. The van der Waals surface area contributed by atoms with Crippen molar-refractivity contribution in [3.05, 3.63) is 59.4 Å². The molecule has 3 aromatic rings. The highest BCUT2D eigenvalue weighted by Gasteiger charge is 2.14. The molecule has 0 fully saturated rings. The molecule has 130 valence electrons. The highest BCUT2D eigenvalue weighted by atomic mass is 32.2. The van der Waals surface area contributed by atoms with Crippen LogP contribution in [0, 0.1) is 6.92 Å². The average Bonchev–Trinajstić information content (AvgIpc) is 2.96. The van der Waals surface area contributed by atoms with Crippen LogP contribution in [0.2, 0.25) is 0 Å². The molecule has 0 saturated carbocycles. The lowest BCUT2D eigenvalue weighted by atomic mass is 10.1. The van der Waals surface area contributed by atoms with E-state index in [-0.39, 0.29) is 10.8 Å². The van der Waals surface area contributed by atoms with Gasteiger partial charge >= 0.3 is 0 Å². The van der Waals surface area contributed by atoms with Gasteiger partial charge in [-0.3, -0.25) is 4.79 Å². The molecule has 25 heavy (non-hydrogen) atoms. The Morgan fingerprint density at radius 3 is 2.68 bits per heavy atom. The summed E-state index contributed by atoms with van der Waals surface area (Å²) >= 11 is 0. The molecule has 3 rings (SSSR count). The molecule has 2 N–H and O–H groups in total. The fourth-order valence-corrected chi connectivity index (χ4v) is 3.24. The maximum atomic E-state index is 12.4. The van der Waals surface area contributed by atoms with Crippen LogP contribution in [0.15, 0.2) is 47.4 Å². The average molecular weight is 357 g/mol. The van der Waals surface area contributed by atoms with Gasteiger partial charge in [-0.15, -0.1) is 0 Å². The predicted octanol–water partition coefficient (Wildman–Crippen LogP) is 2.25. The van der Waals surface area contributed by atoms with Crippen molar-refractivity contribution >= 4 is 26.8 Å². The van der Waals surface area contributed by atoms with Crippen LogP contribution < -0.4 is 5.32 Å². The number of para-hydroxylation sites is 2. The first-order valence-corrected chi connectivity index (χ1v) is 9.76. The second kappa shape index (κ2) is 6.68. The van der Waals surface area contributed by atoms with Gasteiger partial charge in [-0.2, -0.15) is 0 Å². The minimum Gasteiger partial charge on any atom is -0.352 e. The summed E-state index contributed by atoms with van der Waals surface area (Å²) < 4.78 is 23.3. The van der Waals surface area contributed by atoms with E-state index in [0.29, 0.717) is 18.5 Å². The molecule has 0 saturated heterocycles. The molecular weight excluding hydrogens is 338 g/mol. The number of benzene rings is 2. The van der Waals surface area contributed by atoms with Crippen LogP contribution >= 0.6 is 0 Å². The van der Waals surface area contributed by atoms with Gasteiger partial charge in [-0.05, 0) is 36.8 Å². The van der Waals surface area contributed by atoms with Crippen LogP contribution in [0.25, 0.3) is 11.0 Å². The molecule has 0 aliphatic heterocycles. The van der Waals surface area contributed by atoms with E-state index in [0.717, 1.165) is 28.7 Å². The summed E-state index contributed by atoms with van der Waals surface area (Å²) in [6, 6.07) is 12.3. The number of imidazole rings is 1. The Labute approximate surface area is 146 Å². The first-order chi connectivity index (χ1) is 11.8. The fourth-order valence-electron chi connectivity index (χ4n) is 2.59. The fraction of sp³-hybridized carbons (Fsp3) is 0.222. The normalized spacial score (nSPS) is 11.6. The monoisotopic (exact) mass is 357 g/mol. The molecule has 0 aliphatic rings. The molecular formula is C18H19N3O3S. The first kappa shape index (κ1) is 17.2. The van der Waals surface area contributed by atoms with E-state index in [9.17, 15) is 13.2 Å². The summed E-state index contributed by atoms with van der Waals surface area (Å²) in [5.41, 5.74) is 2.95. The van der Waals surface area contributed by atoms with E-state index in [1.165, 1.54) is 12.1 Å². The number of hydrogen-bond acceptors (Lipinski definition) is 4. The standard InChI is InChI=1S/C18H19N3O3S/c1-12-7-8-13(25(2,23)24)11-14(12)18(22)19-10-9-17-20-15-5-3-4-6-16(15)21-17/h3-8,11H,9-10H2,1-2H3,(H,19,22)(H,20,21). The van der Waals surface area contributed by atoms with Crippen LogP contribution in [-0.4, -0.2) is 37.1 Å². The Morgan fingerprint density at radius 1 is 1.20 bits per heavy atom. The second-order valence-electron chi connectivity index (χ2n) is 5.96. The Bertz CT molecular complexity index is 1010. The Kier molecular flexibility index (Phi) is 4.59. The van der Waals surface area contributed by atoms with Gasteiger partial charge in [0, 0.05) is 24.8 Å². The number of aromatic nitrogens is 2. The summed E-state index contributed by atoms with van der Waals surface area (Å²) in [7, 11) is -3.35. The van der Waals surface area contributed by atoms with E-state index in [4.69, 9.17) is 0 Å². The summed E-state index contributed by atoms with van der Waals surface area (Å²) in [5.74, 6) is 0.502. The number of amides is 1. The van der Waals surface area contributed by atoms with E-state index in [1.807, 2.05) is 24.3 Å². The lowest BCUT2D eigenvalue weighted by Crippen LogP contribution is -2.26. The number of nitrogens with one attached hydrogen (secondary N) is 2. The van der Waals surface area contributed by atoms with Crippen molar-refractivity contribution in [3.8, 4) is 0 Å². The number of carbonyl (C=O) groups is 1. The van der Waals surface area contributed by atoms with Gasteiger partial charge in [0.2, 0.25) is 0 Å². The molecule has 0 bridgehead atoms. The van der Waals surface area contributed by atoms with Crippen molar-refractivity contribution in [2.75, 3.05) is 12.8 Å². The van der Waals surface area contributed by atoms with Gasteiger partial charge in [0.05, 0.1) is 15.9 Å². The molecule has 2 aromatic carbocycles. The van der Waals surface area contributed by atoms with E-state index in [1.54, 1.807) is 13.0 Å². The Morgan fingerprint density at radius 2 is 1.96 bits per heavy atom. The van der Waals surface area contributed by atoms with Crippen molar-refractivity contribution in [3.63, 3.8) is 0 Å². The minimum atomic E-state index is -3.35. The number of nitrogens with zero attached hydrogens (tertiary/aromatic N) is 1. The first-order valence-electron chi connectivity index (χ1n) is 7.87. The molecule has 0 radical (unpaired) electrons. The maximum absolute atomic E-state index is 12.4. The number of rotatable bonds is 5. The number of sulfone groups is 1. The van der Waals surface area contributed by atoms with Crippen LogP contribution in [0.4, 0.5) is 0 Å². The van der Waals surface area contributed by atoms with Crippen LogP contribution in [0.5, 0.6) is 0 Å². The topological polar surface area (TPSA) is 91.9 Å². The number of fused-ring (bicyclic) bond motifs is 1. The van der Waals surface area contributed by atoms with Crippen molar-refractivity contribution in [1.82, 2.24) is 15.3 Å². The van der Waals surface area contributed by atoms with Crippen LogP contribution in [-0.2, 0) is 16.3 Å². The van der Waals surface area contributed by atoms with Crippen molar-refractivity contribution in [1.29, 1.82) is 0 Å². The molecule has 7 heteroatoms. The molecule has 0 atom stereocenters. The third kappa shape index (κ3) is 3.88. The summed E-state index contributed by atoms with van der Waals surface area (Å²) in [6.07, 6.45) is 1.69. The summed E-state index contributed by atoms with van der Waals surface area (Å²) in [4.78, 5) is 20.2. The lowest BCUT2D eigenvalue weighted by molar-refractivity contribution is 0.0953. The molecule has 1 aromatic heterocycles. The minimum absolute atomic E-state index is 0.139. The number of H-pyrrole nitrogens is 1. The smallest absolute Gasteiger partial charge is 0.251 e. The zero-order valence-electron chi connectivity index (χ0n) is 14.0. The van der Waals surface area contributed by atoms with Gasteiger partial charge in [-0.25, -0.2) is 13.4 Å². The lowest BCUT2D eigenvalue weighted by Gasteiger charge is -2.09. The van der Waals surface area contributed by atoms with E-state index >= 15 is 0 Å². The SMILES string of the molecule is Cc1ccc(S(C)(=O)=O)cc1C(=O)NCCc1nc2ccccc2[nH]1. The number of carbonyl (C=O) groups excluding carboxylic acids is 1. The van der Waals surface area contributed by atoms with Crippen molar-refractivity contribution in [2.24, 2.45) is 0 Å². The number of aromatic amines is 1. The molecule has 0 unspecified atom stereocenters. The predicted molar refractivity (Wildman–Crippen MR) is 96.4 cm³/mol. The third-order valence-corrected chi connectivity index (χ3v) is 5.08. The number of aryl methyl sites for hydroxylation is 1. The van der Waals surface area contributed by atoms with Gasteiger partial charge in [0.25, 0.3) is 5.91 Å². The molecule has 6 nitrogen and oxygen atoms in total. The van der Waals surface area contributed by atoms with Gasteiger partial charge in [-0.1, -0.05) is 18.2 Å². The summed E-state index contributed by atoms with van der Waals surface area (Å²) in [5, 5.41) is 2.82. The van der Waals surface area contributed by atoms with Crippen LogP contribution in [0.3, 0.4) is 0 Å².